The Labute approximate surface area is 48.4 Å². The monoisotopic (exact) mass is 121 g/mol. The van der Waals surface area contributed by atoms with Gasteiger partial charge in [-0.2, -0.15) is 4.89 Å². The number of nitrogens with two attached hydrogens (primary N) is 1. The maximum atomic E-state index is 5.11. The second kappa shape index (κ2) is 4.99. The first-order valence-electron chi connectivity index (χ1n) is 2.48. The highest BCUT2D eigenvalue weighted by Gasteiger charge is 1.91. The van der Waals surface area contributed by atoms with Gasteiger partial charge in [-0.25, -0.2) is 4.89 Å². The molecule has 0 aliphatic heterocycles. The minimum absolute atomic E-state index is 0.443. The molecular formula is C4H11NO3. The molecule has 2 N–H and O–H groups in total. The SMILES string of the molecule is CCOOOC(C)N. The van der Waals surface area contributed by atoms with Crippen LogP contribution in [0.2, 0.25) is 0 Å². The molecule has 0 fully saturated rings. The van der Waals surface area contributed by atoms with Gasteiger partial charge in [0.05, 0.1) is 6.61 Å². The van der Waals surface area contributed by atoms with E-state index >= 15 is 0 Å². The maximum Gasteiger partial charge on any atom is 0.141 e. The lowest BCUT2D eigenvalue weighted by molar-refractivity contribution is -0.523. The summed E-state index contributed by atoms with van der Waals surface area (Å²) < 4.78 is 0. The number of rotatable bonds is 4. The first kappa shape index (κ1) is 7.84. The molecule has 0 spiro atoms. The number of hydrogen-bond donors (Lipinski definition) is 1. The van der Waals surface area contributed by atoms with Crippen molar-refractivity contribution in [2.45, 2.75) is 20.1 Å². The van der Waals surface area contributed by atoms with Gasteiger partial charge in [-0.05, 0) is 13.8 Å². The summed E-state index contributed by atoms with van der Waals surface area (Å²) in [6, 6.07) is 0. The molecular weight excluding hydrogens is 110 g/mol. The molecule has 0 aromatic carbocycles. The molecule has 0 aliphatic carbocycles. The second-order valence-electron chi connectivity index (χ2n) is 1.28. The summed E-state index contributed by atoms with van der Waals surface area (Å²) in [5.74, 6) is 0. The molecule has 0 bridgehead atoms. The van der Waals surface area contributed by atoms with Crippen molar-refractivity contribution in [1.29, 1.82) is 0 Å². The van der Waals surface area contributed by atoms with Gasteiger partial charge in [-0.3, -0.25) is 0 Å². The van der Waals surface area contributed by atoms with Gasteiger partial charge in [0, 0.05) is 0 Å². The molecule has 1 atom stereocenters. The fourth-order valence-corrected chi connectivity index (χ4v) is 0.138. The van der Waals surface area contributed by atoms with Gasteiger partial charge in [0.1, 0.15) is 6.23 Å². The van der Waals surface area contributed by atoms with E-state index in [1.54, 1.807) is 13.8 Å². The Kier molecular flexibility index (Phi) is 4.89. The van der Waals surface area contributed by atoms with Crippen molar-refractivity contribution in [3.05, 3.63) is 0 Å². The topological polar surface area (TPSA) is 53.7 Å². The fourth-order valence-electron chi connectivity index (χ4n) is 0.138. The van der Waals surface area contributed by atoms with E-state index in [0.29, 0.717) is 6.61 Å². The van der Waals surface area contributed by atoms with Gasteiger partial charge in [0.2, 0.25) is 0 Å². The summed E-state index contributed by atoms with van der Waals surface area (Å²) >= 11 is 0. The maximum absolute atomic E-state index is 5.11. The van der Waals surface area contributed by atoms with Crippen molar-refractivity contribution in [2.75, 3.05) is 6.61 Å². The quantitative estimate of drug-likeness (QED) is 0.250. The van der Waals surface area contributed by atoms with E-state index < -0.39 is 6.23 Å². The summed E-state index contributed by atoms with van der Waals surface area (Å²) in [6.07, 6.45) is -0.443. The molecule has 0 heterocycles. The Morgan fingerprint density at radius 1 is 1.62 bits per heavy atom. The van der Waals surface area contributed by atoms with Crippen LogP contribution in [0.4, 0.5) is 0 Å². The molecule has 8 heavy (non-hydrogen) atoms. The number of hydrogen-bond acceptors (Lipinski definition) is 4. The zero-order valence-electron chi connectivity index (χ0n) is 5.09. The average molecular weight is 121 g/mol. The Bertz CT molecular complexity index is 48.5. The van der Waals surface area contributed by atoms with Gasteiger partial charge in [0.25, 0.3) is 0 Å². The molecule has 50 valence electrons. The van der Waals surface area contributed by atoms with E-state index in [0.717, 1.165) is 0 Å². The molecule has 0 saturated heterocycles. The summed E-state index contributed by atoms with van der Waals surface area (Å²) in [4.78, 5) is 8.68. The first-order chi connectivity index (χ1) is 3.77. The third-order valence-electron chi connectivity index (χ3n) is 0.357. The zero-order chi connectivity index (χ0) is 6.41. The van der Waals surface area contributed by atoms with Crippen molar-refractivity contribution in [1.82, 2.24) is 0 Å². The lowest BCUT2D eigenvalue weighted by atomic mass is 10.7. The predicted molar refractivity (Wildman–Crippen MR) is 27.4 cm³/mol. The molecule has 0 amide bonds. The molecule has 0 aromatic heterocycles. The largest absolute Gasteiger partial charge is 0.304 e. The van der Waals surface area contributed by atoms with E-state index in [9.17, 15) is 0 Å². The van der Waals surface area contributed by atoms with Crippen molar-refractivity contribution in [3.63, 3.8) is 0 Å². The van der Waals surface area contributed by atoms with Gasteiger partial charge >= 0.3 is 0 Å². The van der Waals surface area contributed by atoms with Crippen molar-refractivity contribution in [2.24, 2.45) is 5.73 Å². The smallest absolute Gasteiger partial charge is 0.141 e. The third kappa shape index (κ3) is 5.84. The van der Waals surface area contributed by atoms with Crippen LogP contribution >= 0.6 is 0 Å². The Hall–Kier alpha value is -0.160. The van der Waals surface area contributed by atoms with Crippen LogP contribution in [0.3, 0.4) is 0 Å². The summed E-state index contributed by atoms with van der Waals surface area (Å²) in [7, 11) is 0. The van der Waals surface area contributed by atoms with Crippen molar-refractivity contribution in [3.8, 4) is 0 Å². The molecule has 0 aromatic rings. The van der Waals surface area contributed by atoms with E-state index in [-0.39, 0.29) is 0 Å². The second-order valence-corrected chi connectivity index (χ2v) is 1.28. The molecule has 4 nitrogen and oxygen atoms in total. The normalized spacial score (nSPS) is 13.9. The highest BCUT2D eigenvalue weighted by Crippen LogP contribution is 1.82. The van der Waals surface area contributed by atoms with E-state index in [1.165, 1.54) is 0 Å². The van der Waals surface area contributed by atoms with Crippen LogP contribution < -0.4 is 5.73 Å². The summed E-state index contributed by atoms with van der Waals surface area (Å²) in [5.41, 5.74) is 5.11. The highest BCUT2D eigenvalue weighted by atomic mass is 17.5. The lowest BCUT2D eigenvalue weighted by Crippen LogP contribution is -2.19. The van der Waals surface area contributed by atoms with Crippen molar-refractivity contribution < 1.29 is 14.8 Å². The van der Waals surface area contributed by atoms with Crippen LogP contribution in [0, 0.1) is 0 Å². The van der Waals surface area contributed by atoms with Gasteiger partial charge < -0.3 is 5.73 Å². The highest BCUT2D eigenvalue weighted by molar-refractivity contribution is 4.20. The zero-order valence-corrected chi connectivity index (χ0v) is 5.09. The molecule has 0 radical (unpaired) electrons. The van der Waals surface area contributed by atoms with Crippen LogP contribution in [0.5, 0.6) is 0 Å². The molecule has 4 heteroatoms. The van der Waals surface area contributed by atoms with Gasteiger partial charge in [-0.1, -0.05) is 5.04 Å². The summed E-state index contributed by atoms with van der Waals surface area (Å²) in [6.45, 7) is 3.87. The Balaban J connectivity index is 2.72. The minimum atomic E-state index is -0.443. The lowest BCUT2D eigenvalue weighted by Gasteiger charge is -2.02. The Morgan fingerprint density at radius 2 is 2.25 bits per heavy atom. The van der Waals surface area contributed by atoms with Crippen LogP contribution in [0.1, 0.15) is 13.8 Å². The predicted octanol–water partition coefficient (Wildman–Crippen LogP) is 0.191. The third-order valence-corrected chi connectivity index (χ3v) is 0.357. The van der Waals surface area contributed by atoms with Crippen LogP contribution in [0.15, 0.2) is 0 Å². The molecule has 0 saturated carbocycles. The van der Waals surface area contributed by atoms with E-state index in [1.807, 2.05) is 0 Å². The van der Waals surface area contributed by atoms with E-state index in [2.05, 4.69) is 14.8 Å². The first-order valence-corrected chi connectivity index (χ1v) is 2.48. The molecule has 1 unspecified atom stereocenters. The molecule has 0 aliphatic rings. The van der Waals surface area contributed by atoms with Gasteiger partial charge in [0.15, 0.2) is 0 Å². The molecule has 0 rings (SSSR count). The van der Waals surface area contributed by atoms with Crippen LogP contribution in [-0.2, 0) is 14.8 Å². The Morgan fingerprint density at radius 3 is 2.62 bits per heavy atom. The standard InChI is InChI=1S/C4H11NO3/c1-3-6-8-7-4(2)5/h4H,3,5H2,1-2H3. The fraction of sp³-hybridized carbons (Fsp3) is 1.00. The summed E-state index contributed by atoms with van der Waals surface area (Å²) in [5, 5.41) is 4.12. The van der Waals surface area contributed by atoms with Crippen molar-refractivity contribution >= 4 is 0 Å². The van der Waals surface area contributed by atoms with E-state index in [4.69, 9.17) is 5.73 Å². The van der Waals surface area contributed by atoms with Crippen LogP contribution in [-0.4, -0.2) is 12.8 Å². The minimum Gasteiger partial charge on any atom is -0.304 e. The van der Waals surface area contributed by atoms with Crippen LogP contribution in [0.25, 0.3) is 0 Å². The average Bonchev–Trinajstić information content (AvgIpc) is 1.66. The van der Waals surface area contributed by atoms with Gasteiger partial charge in [-0.15, -0.1) is 0 Å².